The van der Waals surface area contributed by atoms with Crippen LogP contribution in [-0.4, -0.2) is 11.4 Å². The first-order valence-corrected chi connectivity index (χ1v) is 6.18. The molecular formula is C13H27NO. The number of amides is 1. The number of nitrogens with one attached hydrogen (secondary N) is 1. The zero-order valence-corrected chi connectivity index (χ0v) is 11.0. The van der Waals surface area contributed by atoms with E-state index in [1.807, 2.05) is 0 Å². The van der Waals surface area contributed by atoms with Crippen molar-refractivity contribution in [1.29, 1.82) is 0 Å². The van der Waals surface area contributed by atoms with Crippen LogP contribution in [0.3, 0.4) is 0 Å². The zero-order chi connectivity index (χ0) is 11.9. The van der Waals surface area contributed by atoms with Crippen molar-refractivity contribution >= 4 is 5.91 Å². The average molecular weight is 213 g/mol. The molecule has 0 aliphatic rings. The topological polar surface area (TPSA) is 29.1 Å². The highest BCUT2D eigenvalue weighted by Crippen LogP contribution is 2.14. The van der Waals surface area contributed by atoms with Gasteiger partial charge in [-0.3, -0.25) is 4.79 Å². The molecule has 0 aromatic rings. The van der Waals surface area contributed by atoms with Crippen LogP contribution < -0.4 is 5.32 Å². The fourth-order valence-corrected chi connectivity index (χ4v) is 1.68. The summed E-state index contributed by atoms with van der Waals surface area (Å²) >= 11 is 0. The van der Waals surface area contributed by atoms with Gasteiger partial charge >= 0.3 is 0 Å². The highest BCUT2D eigenvalue weighted by molar-refractivity contribution is 5.76. The van der Waals surface area contributed by atoms with E-state index in [9.17, 15) is 4.79 Å². The Morgan fingerprint density at radius 1 is 1.27 bits per heavy atom. The lowest BCUT2D eigenvalue weighted by Crippen LogP contribution is -2.43. The summed E-state index contributed by atoms with van der Waals surface area (Å²) in [6.45, 7) is 10.6. The van der Waals surface area contributed by atoms with Gasteiger partial charge in [-0.15, -0.1) is 0 Å². The number of carbonyl (C=O) groups is 1. The van der Waals surface area contributed by atoms with E-state index in [2.05, 4.69) is 39.9 Å². The van der Waals surface area contributed by atoms with E-state index in [1.165, 1.54) is 19.3 Å². The molecule has 0 spiro atoms. The summed E-state index contributed by atoms with van der Waals surface area (Å²) in [7, 11) is 0. The van der Waals surface area contributed by atoms with E-state index in [4.69, 9.17) is 0 Å². The summed E-state index contributed by atoms with van der Waals surface area (Å²) in [5, 5.41) is 3.11. The zero-order valence-electron chi connectivity index (χ0n) is 11.0. The Hall–Kier alpha value is -0.530. The molecular weight excluding hydrogens is 186 g/mol. The van der Waals surface area contributed by atoms with Gasteiger partial charge < -0.3 is 5.32 Å². The molecule has 0 rings (SSSR count). The van der Waals surface area contributed by atoms with Gasteiger partial charge in [-0.2, -0.15) is 0 Å². The third-order valence-electron chi connectivity index (χ3n) is 2.48. The van der Waals surface area contributed by atoms with Crippen molar-refractivity contribution in [3.05, 3.63) is 0 Å². The maximum absolute atomic E-state index is 11.6. The average Bonchev–Trinajstić information content (AvgIpc) is 2.00. The quantitative estimate of drug-likeness (QED) is 0.644. The van der Waals surface area contributed by atoms with Crippen molar-refractivity contribution in [1.82, 2.24) is 5.32 Å². The molecule has 2 nitrogen and oxygen atoms in total. The van der Waals surface area contributed by atoms with Crippen LogP contribution in [0.1, 0.15) is 66.7 Å². The molecule has 0 heterocycles. The second-order valence-electron chi connectivity index (χ2n) is 5.49. The lowest BCUT2D eigenvalue weighted by molar-refractivity contribution is -0.123. The Morgan fingerprint density at radius 3 is 2.33 bits per heavy atom. The standard InChI is InChI=1S/C13H27NO/c1-6-7-8-9-13(4,5)14-12(15)10-11(2)3/h11H,6-10H2,1-5H3,(H,14,15). The van der Waals surface area contributed by atoms with E-state index in [0.717, 1.165) is 6.42 Å². The summed E-state index contributed by atoms with van der Waals surface area (Å²) in [6.07, 6.45) is 5.40. The monoisotopic (exact) mass is 213 g/mol. The Labute approximate surface area is 94.8 Å². The van der Waals surface area contributed by atoms with Gasteiger partial charge in [-0.05, 0) is 26.2 Å². The SMILES string of the molecule is CCCCCC(C)(C)NC(=O)CC(C)C. The van der Waals surface area contributed by atoms with Crippen LogP contribution in [0.4, 0.5) is 0 Å². The smallest absolute Gasteiger partial charge is 0.220 e. The highest BCUT2D eigenvalue weighted by atomic mass is 16.1. The molecule has 1 N–H and O–H groups in total. The number of hydrogen-bond acceptors (Lipinski definition) is 1. The molecule has 1 amide bonds. The number of unbranched alkanes of at least 4 members (excludes halogenated alkanes) is 2. The third-order valence-corrected chi connectivity index (χ3v) is 2.48. The number of rotatable bonds is 7. The molecule has 0 aromatic carbocycles. The molecule has 0 aliphatic heterocycles. The number of hydrogen-bond donors (Lipinski definition) is 1. The van der Waals surface area contributed by atoms with E-state index in [0.29, 0.717) is 12.3 Å². The first kappa shape index (κ1) is 14.5. The minimum absolute atomic E-state index is 0.0405. The van der Waals surface area contributed by atoms with Crippen LogP contribution in [0.2, 0.25) is 0 Å². The molecule has 15 heavy (non-hydrogen) atoms. The Kier molecular flexibility index (Phi) is 6.62. The van der Waals surface area contributed by atoms with Crippen LogP contribution in [0.15, 0.2) is 0 Å². The Morgan fingerprint density at radius 2 is 1.87 bits per heavy atom. The van der Waals surface area contributed by atoms with Crippen LogP contribution in [0.5, 0.6) is 0 Å². The van der Waals surface area contributed by atoms with Gasteiger partial charge in [0.15, 0.2) is 0 Å². The fourth-order valence-electron chi connectivity index (χ4n) is 1.68. The molecule has 0 fully saturated rings. The van der Waals surface area contributed by atoms with Crippen LogP contribution in [-0.2, 0) is 4.79 Å². The summed E-state index contributed by atoms with van der Waals surface area (Å²) in [4.78, 5) is 11.6. The molecule has 0 unspecified atom stereocenters. The molecule has 0 bridgehead atoms. The largest absolute Gasteiger partial charge is 0.351 e. The lowest BCUT2D eigenvalue weighted by Gasteiger charge is -2.26. The third kappa shape index (κ3) is 8.46. The predicted octanol–water partition coefficient (Wildman–Crippen LogP) is 3.51. The van der Waals surface area contributed by atoms with Crippen molar-refractivity contribution in [3.63, 3.8) is 0 Å². The van der Waals surface area contributed by atoms with Crippen molar-refractivity contribution in [3.8, 4) is 0 Å². The van der Waals surface area contributed by atoms with Gasteiger partial charge in [0, 0.05) is 12.0 Å². The Balaban J connectivity index is 3.85. The van der Waals surface area contributed by atoms with Gasteiger partial charge in [-0.25, -0.2) is 0 Å². The highest BCUT2D eigenvalue weighted by Gasteiger charge is 2.19. The molecule has 0 saturated carbocycles. The summed E-state index contributed by atoms with van der Waals surface area (Å²) in [6, 6.07) is 0. The maximum Gasteiger partial charge on any atom is 0.220 e. The first-order valence-electron chi connectivity index (χ1n) is 6.18. The number of carbonyl (C=O) groups excluding carboxylic acids is 1. The van der Waals surface area contributed by atoms with Gasteiger partial charge in [-0.1, -0.05) is 40.0 Å². The van der Waals surface area contributed by atoms with E-state index >= 15 is 0 Å². The van der Waals surface area contributed by atoms with Gasteiger partial charge in [0.2, 0.25) is 5.91 Å². The Bertz CT molecular complexity index is 185. The minimum Gasteiger partial charge on any atom is -0.351 e. The van der Waals surface area contributed by atoms with E-state index in [1.54, 1.807) is 0 Å². The normalized spacial score (nSPS) is 11.9. The summed E-state index contributed by atoms with van der Waals surface area (Å²) in [5.74, 6) is 0.628. The van der Waals surface area contributed by atoms with Gasteiger partial charge in [0.1, 0.15) is 0 Å². The molecule has 0 atom stereocenters. The van der Waals surface area contributed by atoms with E-state index in [-0.39, 0.29) is 11.4 Å². The van der Waals surface area contributed by atoms with Crippen LogP contribution >= 0.6 is 0 Å². The first-order chi connectivity index (χ1) is 6.87. The minimum atomic E-state index is -0.0405. The van der Waals surface area contributed by atoms with Crippen molar-refractivity contribution in [2.45, 2.75) is 72.3 Å². The fraction of sp³-hybridized carbons (Fsp3) is 0.923. The molecule has 0 aliphatic carbocycles. The molecule has 90 valence electrons. The van der Waals surface area contributed by atoms with Crippen molar-refractivity contribution in [2.75, 3.05) is 0 Å². The maximum atomic E-state index is 11.6. The van der Waals surface area contributed by atoms with Gasteiger partial charge in [0.25, 0.3) is 0 Å². The predicted molar refractivity (Wildman–Crippen MR) is 65.8 cm³/mol. The van der Waals surface area contributed by atoms with Crippen molar-refractivity contribution in [2.24, 2.45) is 5.92 Å². The van der Waals surface area contributed by atoms with E-state index < -0.39 is 0 Å². The van der Waals surface area contributed by atoms with Crippen LogP contribution in [0.25, 0.3) is 0 Å². The molecule has 0 radical (unpaired) electrons. The van der Waals surface area contributed by atoms with Crippen LogP contribution in [0, 0.1) is 5.92 Å². The summed E-state index contributed by atoms with van der Waals surface area (Å²) in [5.41, 5.74) is -0.0405. The molecule has 0 aromatic heterocycles. The summed E-state index contributed by atoms with van der Waals surface area (Å²) < 4.78 is 0. The molecule has 2 heteroatoms. The second-order valence-corrected chi connectivity index (χ2v) is 5.49. The van der Waals surface area contributed by atoms with Gasteiger partial charge in [0.05, 0.1) is 0 Å². The second kappa shape index (κ2) is 6.86. The van der Waals surface area contributed by atoms with Crippen molar-refractivity contribution < 1.29 is 4.79 Å². The lowest BCUT2D eigenvalue weighted by atomic mass is 9.96. The molecule has 0 saturated heterocycles.